The molecule has 146 valence electrons. The number of quaternary nitrogens is 1. The van der Waals surface area contributed by atoms with Gasteiger partial charge in [-0.25, -0.2) is 0 Å². The molecule has 0 bridgehead atoms. The van der Waals surface area contributed by atoms with E-state index in [9.17, 15) is 4.79 Å². The number of hydrogen-bond donors (Lipinski definition) is 2. The number of likely N-dealkylation sites (N-methyl/N-ethyl adjacent to an activating group) is 1. The van der Waals surface area contributed by atoms with Crippen molar-refractivity contribution in [3.8, 4) is 17.2 Å². The lowest BCUT2D eigenvalue weighted by Crippen LogP contribution is -3.10. The Balaban J connectivity index is 1.75. The van der Waals surface area contributed by atoms with Crippen molar-refractivity contribution in [1.29, 1.82) is 0 Å². The van der Waals surface area contributed by atoms with Gasteiger partial charge in [-0.05, 0) is 35.4 Å². The van der Waals surface area contributed by atoms with Crippen molar-refractivity contribution >= 4 is 5.91 Å². The first-order valence-electron chi connectivity index (χ1n) is 8.97. The molecule has 0 saturated heterocycles. The van der Waals surface area contributed by atoms with Crippen LogP contribution in [0.5, 0.6) is 17.2 Å². The monoisotopic (exact) mass is 373 g/mol. The number of ether oxygens (including phenoxy) is 3. The molecule has 2 aromatic carbocycles. The zero-order chi connectivity index (χ0) is 19.6. The normalized spacial score (nSPS) is 11.6. The number of hydrogen-bond acceptors (Lipinski definition) is 4. The fourth-order valence-corrected chi connectivity index (χ4v) is 2.76. The second-order valence-electron chi connectivity index (χ2n) is 6.45. The van der Waals surface area contributed by atoms with E-state index in [1.807, 2.05) is 49.5 Å². The predicted molar refractivity (Wildman–Crippen MR) is 105 cm³/mol. The SMILES string of the molecule is COc1ccc(CNC(=O)C[NH+](C)CCc2ccc(OC)c(OC)c2)cc1. The van der Waals surface area contributed by atoms with Crippen molar-refractivity contribution in [2.24, 2.45) is 0 Å². The van der Waals surface area contributed by atoms with Gasteiger partial charge < -0.3 is 24.4 Å². The number of nitrogens with one attached hydrogen (secondary N) is 2. The summed E-state index contributed by atoms with van der Waals surface area (Å²) in [6.45, 7) is 1.81. The quantitative estimate of drug-likeness (QED) is 0.654. The van der Waals surface area contributed by atoms with Crippen LogP contribution in [0.3, 0.4) is 0 Å². The lowest BCUT2D eigenvalue weighted by Gasteiger charge is -2.15. The second-order valence-corrected chi connectivity index (χ2v) is 6.45. The van der Waals surface area contributed by atoms with E-state index >= 15 is 0 Å². The first kappa shape index (κ1) is 20.6. The molecule has 2 N–H and O–H groups in total. The van der Waals surface area contributed by atoms with Gasteiger partial charge in [-0.1, -0.05) is 18.2 Å². The zero-order valence-electron chi connectivity index (χ0n) is 16.5. The summed E-state index contributed by atoms with van der Waals surface area (Å²) in [5.41, 5.74) is 2.21. The third-order valence-electron chi connectivity index (χ3n) is 4.40. The molecule has 6 nitrogen and oxygen atoms in total. The predicted octanol–water partition coefficient (Wildman–Crippen LogP) is 1.09. The van der Waals surface area contributed by atoms with Crippen molar-refractivity contribution in [3.63, 3.8) is 0 Å². The van der Waals surface area contributed by atoms with E-state index in [0.29, 0.717) is 13.1 Å². The van der Waals surface area contributed by atoms with Gasteiger partial charge >= 0.3 is 0 Å². The molecular formula is C21H29N2O4+. The van der Waals surface area contributed by atoms with Gasteiger partial charge in [0.2, 0.25) is 0 Å². The molecule has 0 spiro atoms. The Hall–Kier alpha value is -2.73. The molecule has 0 radical (unpaired) electrons. The van der Waals surface area contributed by atoms with Gasteiger partial charge in [0.05, 0.1) is 34.9 Å². The molecule has 0 fully saturated rings. The van der Waals surface area contributed by atoms with E-state index in [0.717, 1.165) is 46.2 Å². The number of methoxy groups -OCH3 is 3. The molecule has 1 unspecified atom stereocenters. The number of carbonyl (C=O) groups excluding carboxylic acids is 1. The highest BCUT2D eigenvalue weighted by Crippen LogP contribution is 2.27. The minimum atomic E-state index is 0.0376. The Morgan fingerprint density at radius 2 is 1.59 bits per heavy atom. The largest absolute Gasteiger partial charge is 0.497 e. The van der Waals surface area contributed by atoms with Gasteiger partial charge in [0.1, 0.15) is 5.75 Å². The number of carbonyl (C=O) groups is 1. The molecule has 6 heteroatoms. The van der Waals surface area contributed by atoms with Crippen LogP contribution in [0, 0.1) is 0 Å². The van der Waals surface area contributed by atoms with E-state index in [2.05, 4.69) is 5.32 Å². The van der Waals surface area contributed by atoms with Crippen molar-refractivity contribution in [3.05, 3.63) is 53.6 Å². The highest BCUT2D eigenvalue weighted by Gasteiger charge is 2.11. The van der Waals surface area contributed by atoms with Crippen LogP contribution in [0.2, 0.25) is 0 Å². The number of benzene rings is 2. The maximum atomic E-state index is 12.2. The molecule has 0 aliphatic carbocycles. The second kappa shape index (κ2) is 10.4. The van der Waals surface area contributed by atoms with Gasteiger partial charge in [-0.3, -0.25) is 4.79 Å². The molecule has 2 rings (SSSR count). The van der Waals surface area contributed by atoms with Crippen molar-refractivity contribution < 1.29 is 23.9 Å². The average molecular weight is 373 g/mol. The third-order valence-corrected chi connectivity index (χ3v) is 4.40. The van der Waals surface area contributed by atoms with Crippen LogP contribution >= 0.6 is 0 Å². The summed E-state index contributed by atoms with van der Waals surface area (Å²) in [6, 6.07) is 13.6. The van der Waals surface area contributed by atoms with E-state index in [-0.39, 0.29) is 5.91 Å². The van der Waals surface area contributed by atoms with E-state index in [4.69, 9.17) is 14.2 Å². The molecule has 1 atom stereocenters. The van der Waals surface area contributed by atoms with Crippen LogP contribution in [0.25, 0.3) is 0 Å². The smallest absolute Gasteiger partial charge is 0.275 e. The maximum absolute atomic E-state index is 12.2. The van der Waals surface area contributed by atoms with E-state index in [1.165, 1.54) is 0 Å². The van der Waals surface area contributed by atoms with Gasteiger partial charge in [0.25, 0.3) is 5.91 Å². The van der Waals surface area contributed by atoms with Crippen LogP contribution in [0.1, 0.15) is 11.1 Å². The van der Waals surface area contributed by atoms with Crippen LogP contribution in [0.15, 0.2) is 42.5 Å². The Kier molecular flexibility index (Phi) is 7.95. The maximum Gasteiger partial charge on any atom is 0.275 e. The van der Waals surface area contributed by atoms with Crippen molar-refractivity contribution in [2.75, 3.05) is 41.5 Å². The van der Waals surface area contributed by atoms with Crippen LogP contribution in [0.4, 0.5) is 0 Å². The summed E-state index contributed by atoms with van der Waals surface area (Å²) in [5, 5.41) is 2.96. The summed E-state index contributed by atoms with van der Waals surface area (Å²) in [5.74, 6) is 2.30. The van der Waals surface area contributed by atoms with Gasteiger partial charge in [0.15, 0.2) is 18.0 Å². The van der Waals surface area contributed by atoms with Gasteiger partial charge in [-0.15, -0.1) is 0 Å². The lowest BCUT2D eigenvalue weighted by molar-refractivity contribution is -0.871. The Labute approximate surface area is 161 Å². The molecular weight excluding hydrogens is 344 g/mol. The van der Waals surface area contributed by atoms with Gasteiger partial charge in [0, 0.05) is 13.0 Å². The molecule has 0 aliphatic heterocycles. The Bertz CT molecular complexity index is 731. The molecule has 1 amide bonds. The summed E-state index contributed by atoms with van der Waals surface area (Å²) in [7, 11) is 6.91. The molecule has 27 heavy (non-hydrogen) atoms. The van der Waals surface area contributed by atoms with Crippen LogP contribution < -0.4 is 24.4 Å². The van der Waals surface area contributed by atoms with Crippen LogP contribution in [-0.4, -0.2) is 47.4 Å². The highest BCUT2D eigenvalue weighted by atomic mass is 16.5. The van der Waals surface area contributed by atoms with Crippen molar-refractivity contribution in [2.45, 2.75) is 13.0 Å². The first-order chi connectivity index (χ1) is 13.0. The molecule has 2 aromatic rings. The Morgan fingerprint density at radius 3 is 2.22 bits per heavy atom. The summed E-state index contributed by atoms with van der Waals surface area (Å²) in [4.78, 5) is 13.3. The number of rotatable bonds is 10. The highest BCUT2D eigenvalue weighted by molar-refractivity contribution is 5.76. The fraction of sp³-hybridized carbons (Fsp3) is 0.381. The van der Waals surface area contributed by atoms with Gasteiger partial charge in [-0.2, -0.15) is 0 Å². The zero-order valence-corrected chi connectivity index (χ0v) is 16.5. The minimum absolute atomic E-state index is 0.0376. The minimum Gasteiger partial charge on any atom is -0.497 e. The topological polar surface area (TPSA) is 61.2 Å². The first-order valence-corrected chi connectivity index (χ1v) is 8.97. The number of amides is 1. The molecule has 0 aromatic heterocycles. The summed E-state index contributed by atoms with van der Waals surface area (Å²) < 4.78 is 15.7. The molecule has 0 saturated carbocycles. The van der Waals surface area contributed by atoms with Crippen molar-refractivity contribution in [1.82, 2.24) is 5.32 Å². The third kappa shape index (κ3) is 6.49. The summed E-state index contributed by atoms with van der Waals surface area (Å²) in [6.07, 6.45) is 0.859. The van der Waals surface area contributed by atoms with E-state index in [1.54, 1.807) is 21.3 Å². The Morgan fingerprint density at radius 1 is 0.926 bits per heavy atom. The van der Waals surface area contributed by atoms with E-state index < -0.39 is 0 Å². The summed E-state index contributed by atoms with van der Waals surface area (Å²) >= 11 is 0. The fourth-order valence-electron chi connectivity index (χ4n) is 2.76. The molecule has 0 aliphatic rings. The lowest BCUT2D eigenvalue weighted by atomic mass is 10.1. The van der Waals surface area contributed by atoms with Crippen LogP contribution in [-0.2, 0) is 17.8 Å². The average Bonchev–Trinajstić information content (AvgIpc) is 2.70. The standard InChI is InChI=1S/C21H28N2O4/c1-23(12-11-16-7-10-19(26-3)20(13-16)27-4)15-21(24)22-14-17-5-8-18(25-2)9-6-17/h5-10,13H,11-12,14-15H2,1-4H3,(H,22,24)/p+1. The molecule has 0 heterocycles.